The van der Waals surface area contributed by atoms with Gasteiger partial charge >= 0.3 is 0 Å². The van der Waals surface area contributed by atoms with E-state index in [9.17, 15) is 0 Å². The molecule has 2 heterocycles. The Balaban J connectivity index is 1.29. The molecule has 0 bridgehead atoms. The van der Waals surface area contributed by atoms with E-state index < -0.39 is 0 Å². The number of nitrogens with two attached hydrogens (primary N) is 1. The monoisotopic (exact) mass is 537 g/mol. The summed E-state index contributed by atoms with van der Waals surface area (Å²) >= 11 is 0. The minimum atomic E-state index is -0.195. The minimum absolute atomic E-state index is 0.195. The van der Waals surface area contributed by atoms with Crippen molar-refractivity contribution in [3.05, 3.63) is 115 Å². The molecule has 2 aromatic heterocycles. The lowest BCUT2D eigenvalue weighted by atomic mass is 9.72. The minimum Gasteiger partial charge on any atom is -0.494 e. The number of aromatic nitrogens is 4. The average molecular weight is 538 g/mol. The molecular weight excluding hydrogens is 506 g/mol. The van der Waals surface area contributed by atoms with Gasteiger partial charge in [-0.25, -0.2) is 9.50 Å². The van der Waals surface area contributed by atoms with E-state index in [0.717, 1.165) is 57.7 Å². The highest BCUT2D eigenvalue weighted by atomic mass is 16.5. The Morgan fingerprint density at radius 3 is 2.17 bits per heavy atom. The Hall–Kier alpha value is -4.81. The number of ether oxygens (including phenoxy) is 1. The Morgan fingerprint density at radius 1 is 0.756 bits per heavy atom. The van der Waals surface area contributed by atoms with Crippen LogP contribution in [0, 0.1) is 0 Å². The second kappa shape index (κ2) is 10.3. The molecule has 0 spiro atoms. The zero-order chi connectivity index (χ0) is 27.8. The highest BCUT2D eigenvalue weighted by Gasteiger charge is 2.34. The van der Waals surface area contributed by atoms with E-state index >= 15 is 0 Å². The van der Waals surface area contributed by atoms with Crippen LogP contribution in [0.2, 0.25) is 0 Å². The second-order valence-electron chi connectivity index (χ2n) is 10.7. The topological polar surface area (TPSA) is 78.3 Å². The van der Waals surface area contributed by atoms with Crippen molar-refractivity contribution in [2.45, 2.75) is 31.7 Å². The molecule has 202 valence electrons. The Morgan fingerprint density at radius 2 is 1.46 bits per heavy atom. The molecule has 1 saturated carbocycles. The van der Waals surface area contributed by atoms with E-state index in [1.807, 2.05) is 55.6 Å². The third-order valence-electron chi connectivity index (χ3n) is 8.01. The van der Waals surface area contributed by atoms with Gasteiger partial charge in [-0.2, -0.15) is 4.98 Å². The summed E-state index contributed by atoms with van der Waals surface area (Å²) in [5.41, 5.74) is 14.7. The van der Waals surface area contributed by atoms with Crippen LogP contribution in [-0.2, 0) is 5.54 Å². The molecular formula is C35H31N5O. The zero-order valence-electron chi connectivity index (χ0n) is 23.0. The molecule has 6 nitrogen and oxygen atoms in total. The van der Waals surface area contributed by atoms with Gasteiger partial charge in [0.05, 0.1) is 12.3 Å². The lowest BCUT2D eigenvalue weighted by Gasteiger charge is -2.38. The lowest BCUT2D eigenvalue weighted by molar-refractivity contribution is 0.253. The molecule has 0 unspecified atom stereocenters. The molecule has 0 amide bonds. The van der Waals surface area contributed by atoms with E-state index in [-0.39, 0.29) is 5.54 Å². The zero-order valence-corrected chi connectivity index (χ0v) is 23.0. The smallest absolute Gasteiger partial charge is 0.253 e. The van der Waals surface area contributed by atoms with Gasteiger partial charge in [0.1, 0.15) is 5.75 Å². The lowest BCUT2D eigenvalue weighted by Crippen LogP contribution is -2.43. The van der Waals surface area contributed by atoms with Crippen molar-refractivity contribution in [3.8, 4) is 50.6 Å². The summed E-state index contributed by atoms with van der Waals surface area (Å²) in [5, 5.41) is 4.85. The van der Waals surface area contributed by atoms with Gasteiger partial charge in [0, 0.05) is 28.4 Å². The quantitative estimate of drug-likeness (QED) is 0.228. The molecule has 6 aromatic rings. The van der Waals surface area contributed by atoms with Crippen LogP contribution in [0.3, 0.4) is 0 Å². The Labute approximate surface area is 239 Å². The predicted octanol–water partition coefficient (Wildman–Crippen LogP) is 7.53. The molecule has 0 radical (unpaired) electrons. The van der Waals surface area contributed by atoms with Gasteiger partial charge < -0.3 is 10.5 Å². The molecule has 1 aliphatic carbocycles. The summed E-state index contributed by atoms with van der Waals surface area (Å²) in [6.07, 6.45) is 5.29. The fraction of sp³-hybridized carbons (Fsp3) is 0.171. The van der Waals surface area contributed by atoms with Crippen molar-refractivity contribution in [1.82, 2.24) is 19.6 Å². The van der Waals surface area contributed by atoms with Crippen molar-refractivity contribution in [3.63, 3.8) is 0 Å². The number of rotatable bonds is 7. The molecule has 1 aliphatic rings. The van der Waals surface area contributed by atoms with E-state index in [1.54, 1.807) is 4.52 Å². The average Bonchev–Trinajstić information content (AvgIpc) is 3.44. The van der Waals surface area contributed by atoms with Crippen LogP contribution in [0.4, 0.5) is 0 Å². The Kier molecular flexibility index (Phi) is 6.33. The molecule has 0 saturated heterocycles. The highest BCUT2D eigenvalue weighted by molar-refractivity contribution is 5.81. The molecule has 4 aromatic carbocycles. The molecule has 0 atom stereocenters. The second-order valence-corrected chi connectivity index (χ2v) is 10.7. The predicted molar refractivity (Wildman–Crippen MR) is 163 cm³/mol. The molecule has 1 fully saturated rings. The van der Waals surface area contributed by atoms with Crippen LogP contribution in [-0.4, -0.2) is 26.2 Å². The van der Waals surface area contributed by atoms with Crippen LogP contribution in [0.5, 0.6) is 5.75 Å². The molecule has 41 heavy (non-hydrogen) atoms. The van der Waals surface area contributed by atoms with Crippen molar-refractivity contribution < 1.29 is 4.74 Å². The van der Waals surface area contributed by atoms with Gasteiger partial charge in [-0.3, -0.25) is 0 Å². The maximum Gasteiger partial charge on any atom is 0.253 e. The SMILES string of the molecule is CCOc1ccc(-c2cccc(-c3nc4nc(-c5ccc(C6(N)CCC6)cc5)c(-c5ccccc5)cn4n3)c2)cc1. The first-order valence-corrected chi connectivity index (χ1v) is 14.2. The highest BCUT2D eigenvalue weighted by Crippen LogP contribution is 2.40. The Bertz CT molecular complexity index is 1820. The number of hydrogen-bond acceptors (Lipinski definition) is 5. The maximum absolute atomic E-state index is 6.59. The van der Waals surface area contributed by atoms with Crippen molar-refractivity contribution in [1.29, 1.82) is 0 Å². The summed E-state index contributed by atoms with van der Waals surface area (Å²) in [4.78, 5) is 9.90. The first-order chi connectivity index (χ1) is 20.1. The van der Waals surface area contributed by atoms with Crippen LogP contribution < -0.4 is 10.5 Å². The first-order valence-electron chi connectivity index (χ1n) is 14.2. The standard InChI is InChI=1S/C35H31N5O/c1-2-41-30-18-14-24(15-19-30)27-10-6-11-28(22-27)33-38-34-37-32(26-12-16-29(17-13-26)35(36)20-7-21-35)31(23-40(34)39-33)25-8-4-3-5-9-25/h3-6,8-19,22-23H,2,7,20-21,36H2,1H3. The maximum atomic E-state index is 6.59. The van der Waals surface area contributed by atoms with Gasteiger partial charge in [-0.1, -0.05) is 84.9 Å². The van der Waals surface area contributed by atoms with Crippen molar-refractivity contribution in [2.24, 2.45) is 5.73 Å². The van der Waals surface area contributed by atoms with Crippen LogP contribution in [0.25, 0.3) is 50.7 Å². The fourth-order valence-electron chi connectivity index (χ4n) is 5.55. The van der Waals surface area contributed by atoms with Gasteiger partial charge in [-0.05, 0) is 66.6 Å². The van der Waals surface area contributed by atoms with E-state index in [2.05, 4.69) is 60.7 Å². The normalized spacial score (nSPS) is 14.1. The van der Waals surface area contributed by atoms with Gasteiger partial charge in [0.2, 0.25) is 0 Å². The summed E-state index contributed by atoms with van der Waals surface area (Å²) < 4.78 is 7.38. The molecule has 2 N–H and O–H groups in total. The molecule has 6 heteroatoms. The van der Waals surface area contributed by atoms with E-state index in [1.165, 1.54) is 12.0 Å². The third-order valence-corrected chi connectivity index (χ3v) is 8.01. The molecule has 7 rings (SSSR count). The number of nitrogens with zero attached hydrogens (tertiary/aromatic N) is 4. The first kappa shape index (κ1) is 25.2. The summed E-state index contributed by atoms with van der Waals surface area (Å²) in [5.74, 6) is 2.05. The number of fused-ring (bicyclic) bond motifs is 1. The van der Waals surface area contributed by atoms with Gasteiger partial charge in [0.25, 0.3) is 5.78 Å². The summed E-state index contributed by atoms with van der Waals surface area (Å²) in [6, 6.07) is 35.3. The largest absolute Gasteiger partial charge is 0.494 e. The number of benzene rings is 4. The third kappa shape index (κ3) is 4.77. The van der Waals surface area contributed by atoms with Crippen LogP contribution in [0.1, 0.15) is 31.7 Å². The summed E-state index contributed by atoms with van der Waals surface area (Å²) in [7, 11) is 0. The van der Waals surface area contributed by atoms with E-state index in [4.69, 9.17) is 25.5 Å². The fourth-order valence-corrected chi connectivity index (χ4v) is 5.55. The molecule has 0 aliphatic heterocycles. The van der Waals surface area contributed by atoms with E-state index in [0.29, 0.717) is 18.2 Å². The number of hydrogen-bond donors (Lipinski definition) is 1. The van der Waals surface area contributed by atoms with Gasteiger partial charge in [-0.15, -0.1) is 5.10 Å². The van der Waals surface area contributed by atoms with Crippen LogP contribution >= 0.6 is 0 Å². The van der Waals surface area contributed by atoms with Crippen LogP contribution in [0.15, 0.2) is 109 Å². The summed E-state index contributed by atoms with van der Waals surface area (Å²) in [6.45, 7) is 2.64. The van der Waals surface area contributed by atoms with Crippen molar-refractivity contribution in [2.75, 3.05) is 6.61 Å². The van der Waals surface area contributed by atoms with Gasteiger partial charge in [0.15, 0.2) is 5.82 Å². The van der Waals surface area contributed by atoms with Crippen molar-refractivity contribution >= 4 is 5.78 Å².